The Morgan fingerprint density at radius 3 is 2.08 bits per heavy atom. The predicted octanol–water partition coefficient (Wildman–Crippen LogP) is 3.93. The van der Waals surface area contributed by atoms with Crippen molar-refractivity contribution in [3.63, 3.8) is 0 Å². The first kappa shape index (κ1) is 28.4. The summed E-state index contributed by atoms with van der Waals surface area (Å²) in [5.74, 6) is 0.319. The summed E-state index contributed by atoms with van der Waals surface area (Å²) in [6.07, 6.45) is 1.08. The van der Waals surface area contributed by atoms with E-state index in [-0.39, 0.29) is 22.2 Å². The van der Waals surface area contributed by atoms with E-state index in [4.69, 9.17) is 9.47 Å². The molecule has 3 aromatic rings. The monoisotopic (exact) mass is 573 g/mol. The molecule has 12 heteroatoms. The predicted molar refractivity (Wildman–Crippen MR) is 148 cm³/mol. The molecule has 10 nitrogen and oxygen atoms in total. The van der Waals surface area contributed by atoms with Crippen LogP contribution in [0.1, 0.15) is 19.8 Å². The highest BCUT2D eigenvalue weighted by Crippen LogP contribution is 2.26. The Kier molecular flexibility index (Phi) is 8.78. The molecule has 1 atom stereocenters. The Labute approximate surface area is 229 Å². The lowest BCUT2D eigenvalue weighted by molar-refractivity contribution is -0.120. The van der Waals surface area contributed by atoms with Crippen LogP contribution in [0.4, 0.5) is 11.4 Å². The molecule has 0 spiro atoms. The molecule has 39 heavy (non-hydrogen) atoms. The minimum absolute atomic E-state index is 0.0313. The summed E-state index contributed by atoms with van der Waals surface area (Å²) in [4.78, 5) is 13.1. The van der Waals surface area contributed by atoms with E-state index in [1.807, 2.05) is 6.92 Å². The van der Waals surface area contributed by atoms with Gasteiger partial charge in [0.15, 0.2) is 0 Å². The molecule has 1 amide bonds. The number of sulfonamides is 2. The number of benzene rings is 3. The van der Waals surface area contributed by atoms with Gasteiger partial charge in [0.25, 0.3) is 10.0 Å². The number of carbonyl (C=O) groups excluding carboxylic acids is 1. The van der Waals surface area contributed by atoms with Gasteiger partial charge in [-0.15, -0.1) is 0 Å². The number of piperidine rings is 1. The topological polar surface area (TPSA) is 131 Å². The van der Waals surface area contributed by atoms with Gasteiger partial charge in [-0.25, -0.2) is 16.8 Å². The van der Waals surface area contributed by atoms with Crippen LogP contribution in [-0.2, 0) is 24.8 Å². The fraction of sp³-hybridized carbons (Fsp3) is 0.296. The molecule has 2 N–H and O–H groups in total. The highest BCUT2D eigenvalue weighted by Gasteiger charge is 2.33. The van der Waals surface area contributed by atoms with Crippen LogP contribution in [0.3, 0.4) is 0 Å². The second-order valence-electron chi connectivity index (χ2n) is 8.95. The molecule has 0 radical (unpaired) electrons. The molecule has 208 valence electrons. The maximum Gasteiger partial charge on any atom is 0.261 e. The summed E-state index contributed by atoms with van der Waals surface area (Å²) in [6, 6.07) is 18.5. The first-order valence-corrected chi connectivity index (χ1v) is 15.4. The third-order valence-corrected chi connectivity index (χ3v) is 9.58. The summed E-state index contributed by atoms with van der Waals surface area (Å²) in [5, 5.41) is 2.78. The van der Waals surface area contributed by atoms with E-state index >= 15 is 0 Å². The van der Waals surface area contributed by atoms with Crippen molar-refractivity contribution in [2.75, 3.05) is 36.8 Å². The molecule has 0 aromatic heterocycles. The Morgan fingerprint density at radius 1 is 0.872 bits per heavy atom. The average molecular weight is 574 g/mol. The number of hydrogen-bond acceptors (Lipinski definition) is 7. The van der Waals surface area contributed by atoms with Gasteiger partial charge in [-0.05, 0) is 92.6 Å². The van der Waals surface area contributed by atoms with Crippen LogP contribution in [0, 0.1) is 5.92 Å². The second-order valence-corrected chi connectivity index (χ2v) is 12.6. The number of nitrogens with one attached hydrogen (secondary N) is 2. The quantitative estimate of drug-likeness (QED) is 0.376. The van der Waals surface area contributed by atoms with Crippen molar-refractivity contribution >= 4 is 37.3 Å². The molecule has 0 unspecified atom stereocenters. The fourth-order valence-corrected chi connectivity index (χ4v) is 6.82. The molecule has 1 fully saturated rings. The summed E-state index contributed by atoms with van der Waals surface area (Å²) >= 11 is 0. The molecule has 1 saturated heterocycles. The molecule has 1 aliphatic heterocycles. The fourth-order valence-electron chi connectivity index (χ4n) is 4.23. The number of amides is 1. The molecule has 4 rings (SSSR count). The number of hydrogen-bond donors (Lipinski definition) is 2. The van der Waals surface area contributed by atoms with Crippen molar-refractivity contribution in [1.29, 1.82) is 0 Å². The van der Waals surface area contributed by atoms with Gasteiger partial charge in [0.05, 0.1) is 29.4 Å². The van der Waals surface area contributed by atoms with E-state index in [1.165, 1.54) is 47.8 Å². The van der Waals surface area contributed by atoms with Crippen LogP contribution in [0.2, 0.25) is 0 Å². The highest BCUT2D eigenvalue weighted by molar-refractivity contribution is 7.92. The number of anilines is 2. The van der Waals surface area contributed by atoms with Crippen molar-refractivity contribution in [3.8, 4) is 11.5 Å². The van der Waals surface area contributed by atoms with Crippen LogP contribution >= 0.6 is 0 Å². The van der Waals surface area contributed by atoms with Crippen molar-refractivity contribution in [1.82, 2.24) is 4.31 Å². The Morgan fingerprint density at radius 2 is 1.46 bits per heavy atom. The second kappa shape index (κ2) is 12.1. The lowest BCUT2D eigenvalue weighted by atomic mass is 9.99. The standard InChI is InChI=1S/C27H31N3O7S2/c1-3-37-24-10-6-22(7-11-24)29-38(32,33)25-14-8-21(9-15-25)28-27(31)20-5-4-18-30(19-20)39(34,35)26-16-12-23(36-2)13-17-26/h6-17,20,29H,3-5,18-19H2,1-2H3,(H,28,31)/t20-/m0/s1. The van der Waals surface area contributed by atoms with Gasteiger partial charge >= 0.3 is 0 Å². The lowest BCUT2D eigenvalue weighted by Crippen LogP contribution is -2.43. The van der Waals surface area contributed by atoms with E-state index in [1.54, 1.807) is 36.4 Å². The number of ether oxygens (including phenoxy) is 2. The number of nitrogens with zero attached hydrogens (tertiary/aromatic N) is 1. The molecule has 0 aliphatic carbocycles. The van der Waals surface area contributed by atoms with Gasteiger partial charge in [-0.2, -0.15) is 4.31 Å². The SMILES string of the molecule is CCOc1ccc(NS(=O)(=O)c2ccc(NC(=O)[C@H]3CCCN(S(=O)(=O)c4ccc(OC)cc4)C3)cc2)cc1. The summed E-state index contributed by atoms with van der Waals surface area (Å²) in [6.45, 7) is 2.75. The van der Waals surface area contributed by atoms with E-state index in [0.29, 0.717) is 48.9 Å². The van der Waals surface area contributed by atoms with E-state index < -0.39 is 26.0 Å². The summed E-state index contributed by atoms with van der Waals surface area (Å²) < 4.78 is 66.1. The van der Waals surface area contributed by atoms with Gasteiger partial charge in [0.2, 0.25) is 15.9 Å². The van der Waals surface area contributed by atoms with Gasteiger partial charge in [-0.3, -0.25) is 9.52 Å². The summed E-state index contributed by atoms with van der Waals surface area (Å²) in [7, 11) is -6.10. The molecule has 1 aliphatic rings. The van der Waals surface area contributed by atoms with Crippen LogP contribution in [0.5, 0.6) is 11.5 Å². The van der Waals surface area contributed by atoms with Gasteiger partial charge in [0.1, 0.15) is 11.5 Å². The van der Waals surface area contributed by atoms with Crippen LogP contribution in [0.25, 0.3) is 0 Å². The zero-order chi connectivity index (χ0) is 28.0. The van der Waals surface area contributed by atoms with Gasteiger partial charge in [-0.1, -0.05) is 0 Å². The minimum Gasteiger partial charge on any atom is -0.497 e. The third kappa shape index (κ3) is 6.88. The first-order valence-electron chi connectivity index (χ1n) is 12.4. The smallest absolute Gasteiger partial charge is 0.261 e. The molecule has 3 aromatic carbocycles. The Bertz CT molecular complexity index is 1490. The number of carbonyl (C=O) groups is 1. The van der Waals surface area contributed by atoms with Crippen molar-refractivity contribution in [2.24, 2.45) is 5.92 Å². The molecular weight excluding hydrogens is 542 g/mol. The van der Waals surface area contributed by atoms with Crippen LogP contribution in [-0.4, -0.2) is 53.9 Å². The largest absolute Gasteiger partial charge is 0.497 e. The van der Waals surface area contributed by atoms with Crippen molar-refractivity contribution in [3.05, 3.63) is 72.8 Å². The first-order chi connectivity index (χ1) is 18.6. The number of rotatable bonds is 10. The maximum absolute atomic E-state index is 13.1. The Hall–Kier alpha value is -3.61. The van der Waals surface area contributed by atoms with Gasteiger partial charge < -0.3 is 14.8 Å². The Balaban J connectivity index is 1.38. The molecule has 0 saturated carbocycles. The van der Waals surface area contributed by atoms with Gasteiger partial charge in [0, 0.05) is 24.5 Å². The zero-order valence-corrected chi connectivity index (χ0v) is 23.3. The summed E-state index contributed by atoms with van der Waals surface area (Å²) in [5.41, 5.74) is 0.803. The van der Waals surface area contributed by atoms with Crippen molar-refractivity contribution < 1.29 is 31.1 Å². The third-order valence-electron chi connectivity index (χ3n) is 6.30. The number of methoxy groups -OCH3 is 1. The normalized spacial score (nSPS) is 16.3. The molecule has 1 heterocycles. The molecular formula is C27H31N3O7S2. The average Bonchev–Trinajstić information content (AvgIpc) is 2.94. The van der Waals surface area contributed by atoms with E-state index in [0.717, 1.165) is 0 Å². The highest BCUT2D eigenvalue weighted by atomic mass is 32.2. The van der Waals surface area contributed by atoms with E-state index in [2.05, 4.69) is 10.0 Å². The van der Waals surface area contributed by atoms with Crippen LogP contribution in [0.15, 0.2) is 82.6 Å². The minimum atomic E-state index is -3.84. The van der Waals surface area contributed by atoms with E-state index in [9.17, 15) is 21.6 Å². The van der Waals surface area contributed by atoms with Crippen molar-refractivity contribution in [2.45, 2.75) is 29.6 Å². The zero-order valence-electron chi connectivity index (χ0n) is 21.7. The maximum atomic E-state index is 13.1. The van der Waals surface area contributed by atoms with Crippen LogP contribution < -0.4 is 19.5 Å². The molecule has 0 bridgehead atoms. The lowest BCUT2D eigenvalue weighted by Gasteiger charge is -2.31.